The van der Waals surface area contributed by atoms with Crippen molar-refractivity contribution >= 4 is 22.6 Å². The maximum Gasteiger partial charge on any atom is 0.227 e. The molecule has 174 valence electrons. The smallest absolute Gasteiger partial charge is 0.227 e. The third-order valence-electron chi connectivity index (χ3n) is 6.14. The molecule has 1 aromatic heterocycles. The second-order valence-electron chi connectivity index (χ2n) is 8.45. The van der Waals surface area contributed by atoms with Gasteiger partial charge in [0, 0.05) is 24.6 Å². The Morgan fingerprint density at radius 3 is 2.50 bits per heavy atom. The van der Waals surface area contributed by atoms with Crippen LogP contribution < -0.4 is 14.4 Å². The number of carbonyl (C=O) groups excluding carboxylic acids is 1. The van der Waals surface area contributed by atoms with Gasteiger partial charge in [0.25, 0.3) is 0 Å². The molecule has 0 spiro atoms. The van der Waals surface area contributed by atoms with Crippen molar-refractivity contribution in [2.24, 2.45) is 0 Å². The van der Waals surface area contributed by atoms with Crippen molar-refractivity contribution in [2.45, 2.75) is 25.0 Å². The molecule has 4 aromatic rings. The molecule has 1 amide bonds. The van der Waals surface area contributed by atoms with Gasteiger partial charge in [-0.15, -0.1) is 0 Å². The van der Waals surface area contributed by atoms with Gasteiger partial charge in [-0.2, -0.15) is 0 Å². The number of nitrogens with zero attached hydrogens (tertiary/aromatic N) is 3. The van der Waals surface area contributed by atoms with Crippen LogP contribution in [0.4, 0.5) is 5.69 Å². The van der Waals surface area contributed by atoms with Crippen LogP contribution in [-0.2, 0) is 11.3 Å². The number of methoxy groups -OCH3 is 1. The average Bonchev–Trinajstić information content (AvgIpc) is 3.44. The standard InChI is InChI=1S/C27H27N3O4/c1-33-22-13-11-20(12-14-22)29-16-19(15-26(29)32)27-28-24-9-5-6-10-25(24)30(27)17-21(31)18-34-23-7-3-2-4-8-23/h2-14,19,21,31H,15-18H2,1H3/t19-,21+/m1/s1. The molecular weight excluding hydrogens is 430 g/mol. The van der Waals surface area contributed by atoms with Gasteiger partial charge in [0.15, 0.2) is 0 Å². The fourth-order valence-corrected chi connectivity index (χ4v) is 4.46. The Morgan fingerprint density at radius 2 is 1.74 bits per heavy atom. The summed E-state index contributed by atoms with van der Waals surface area (Å²) in [6.45, 7) is 1.03. The number of aliphatic hydroxyl groups is 1. The molecule has 0 radical (unpaired) electrons. The Morgan fingerprint density at radius 1 is 1.00 bits per heavy atom. The van der Waals surface area contributed by atoms with E-state index in [4.69, 9.17) is 14.5 Å². The summed E-state index contributed by atoms with van der Waals surface area (Å²) >= 11 is 0. The number of imidazole rings is 1. The highest BCUT2D eigenvalue weighted by molar-refractivity contribution is 5.96. The van der Waals surface area contributed by atoms with Crippen LogP contribution in [0.3, 0.4) is 0 Å². The van der Waals surface area contributed by atoms with E-state index in [0.717, 1.165) is 28.3 Å². The van der Waals surface area contributed by atoms with E-state index in [-0.39, 0.29) is 18.4 Å². The first-order valence-electron chi connectivity index (χ1n) is 11.4. The van der Waals surface area contributed by atoms with Gasteiger partial charge in [0.2, 0.25) is 5.91 Å². The monoisotopic (exact) mass is 457 g/mol. The van der Waals surface area contributed by atoms with Crippen LogP contribution >= 0.6 is 0 Å². The maximum absolute atomic E-state index is 12.9. The lowest BCUT2D eigenvalue weighted by Gasteiger charge is -2.19. The summed E-state index contributed by atoms with van der Waals surface area (Å²) in [5.74, 6) is 2.25. The number of fused-ring (bicyclic) bond motifs is 1. The van der Waals surface area contributed by atoms with Crippen molar-refractivity contribution in [1.82, 2.24) is 9.55 Å². The molecule has 7 nitrogen and oxygen atoms in total. The van der Waals surface area contributed by atoms with Crippen LogP contribution in [0, 0.1) is 0 Å². The first-order valence-corrected chi connectivity index (χ1v) is 11.4. The summed E-state index contributed by atoms with van der Waals surface area (Å²) in [7, 11) is 1.62. The molecule has 34 heavy (non-hydrogen) atoms. The molecule has 0 aliphatic carbocycles. The van der Waals surface area contributed by atoms with Gasteiger partial charge in [-0.25, -0.2) is 4.98 Å². The van der Waals surface area contributed by atoms with Crippen LogP contribution in [0.5, 0.6) is 11.5 Å². The van der Waals surface area contributed by atoms with E-state index >= 15 is 0 Å². The molecule has 1 saturated heterocycles. The van der Waals surface area contributed by atoms with Crippen molar-refractivity contribution < 1.29 is 19.4 Å². The number of aliphatic hydroxyl groups excluding tert-OH is 1. The molecule has 2 atom stereocenters. The lowest BCUT2D eigenvalue weighted by Crippen LogP contribution is -2.26. The number of aromatic nitrogens is 2. The number of hydrogen-bond donors (Lipinski definition) is 1. The van der Waals surface area contributed by atoms with Crippen LogP contribution in [-0.4, -0.2) is 46.9 Å². The van der Waals surface area contributed by atoms with E-state index in [2.05, 4.69) is 0 Å². The minimum Gasteiger partial charge on any atom is -0.497 e. The number of benzene rings is 3. The summed E-state index contributed by atoms with van der Waals surface area (Å²) in [4.78, 5) is 19.6. The van der Waals surface area contributed by atoms with Gasteiger partial charge in [0.1, 0.15) is 30.0 Å². The highest BCUT2D eigenvalue weighted by atomic mass is 16.5. The number of ether oxygens (including phenoxy) is 2. The van der Waals surface area contributed by atoms with E-state index in [1.54, 1.807) is 12.0 Å². The minimum atomic E-state index is -0.730. The van der Waals surface area contributed by atoms with Crippen LogP contribution in [0.2, 0.25) is 0 Å². The van der Waals surface area contributed by atoms with Crippen LogP contribution in [0.1, 0.15) is 18.2 Å². The van der Waals surface area contributed by atoms with Gasteiger partial charge in [-0.3, -0.25) is 4.79 Å². The summed E-state index contributed by atoms with van der Waals surface area (Å²) in [6.07, 6.45) is -0.363. The number of amides is 1. The molecule has 5 rings (SSSR count). The highest BCUT2D eigenvalue weighted by Crippen LogP contribution is 2.34. The van der Waals surface area contributed by atoms with E-state index in [0.29, 0.717) is 25.3 Å². The second-order valence-corrected chi connectivity index (χ2v) is 8.45. The van der Waals surface area contributed by atoms with E-state index in [9.17, 15) is 9.90 Å². The predicted molar refractivity (Wildman–Crippen MR) is 130 cm³/mol. The first kappa shape index (κ1) is 22.0. The zero-order valence-corrected chi connectivity index (χ0v) is 19.0. The van der Waals surface area contributed by atoms with Crippen molar-refractivity contribution in [2.75, 3.05) is 25.2 Å². The second kappa shape index (κ2) is 9.57. The molecule has 1 aliphatic rings. The van der Waals surface area contributed by atoms with Crippen LogP contribution in [0.15, 0.2) is 78.9 Å². The fraction of sp³-hybridized carbons (Fsp3) is 0.259. The van der Waals surface area contributed by atoms with Gasteiger partial charge < -0.3 is 24.0 Å². The average molecular weight is 458 g/mol. The molecule has 2 heterocycles. The number of hydrogen-bond acceptors (Lipinski definition) is 5. The summed E-state index contributed by atoms with van der Waals surface area (Å²) in [6, 6.07) is 24.8. The van der Waals surface area contributed by atoms with Gasteiger partial charge >= 0.3 is 0 Å². The lowest BCUT2D eigenvalue weighted by atomic mass is 10.1. The third kappa shape index (κ3) is 4.47. The Bertz CT molecular complexity index is 1270. The van der Waals surface area contributed by atoms with Crippen molar-refractivity contribution in [3.8, 4) is 11.5 Å². The molecule has 7 heteroatoms. The number of rotatable bonds is 8. The number of carbonyl (C=O) groups is 1. The number of anilines is 1. The SMILES string of the molecule is COc1ccc(N2C[C@H](c3nc4ccccc4n3C[C@H](O)COc3ccccc3)CC2=O)cc1. The Kier molecular flexibility index (Phi) is 6.18. The van der Waals surface area contributed by atoms with Crippen molar-refractivity contribution in [3.63, 3.8) is 0 Å². The minimum absolute atomic E-state index is 0.0572. The molecule has 1 N–H and O–H groups in total. The first-order chi connectivity index (χ1) is 16.6. The highest BCUT2D eigenvalue weighted by Gasteiger charge is 2.35. The Labute approximate surface area is 198 Å². The van der Waals surface area contributed by atoms with Crippen LogP contribution in [0.25, 0.3) is 11.0 Å². The molecule has 0 unspecified atom stereocenters. The molecule has 1 fully saturated rings. The number of para-hydroxylation sites is 3. The summed E-state index contributed by atoms with van der Waals surface area (Å²) in [5, 5.41) is 10.8. The summed E-state index contributed by atoms with van der Waals surface area (Å²) in [5.41, 5.74) is 2.63. The Hall–Kier alpha value is -3.84. The van der Waals surface area contributed by atoms with Gasteiger partial charge in [0.05, 0.1) is 24.7 Å². The van der Waals surface area contributed by atoms with E-state index in [1.165, 1.54) is 0 Å². The maximum atomic E-state index is 12.9. The molecule has 3 aromatic carbocycles. The van der Waals surface area contributed by atoms with Gasteiger partial charge in [-0.1, -0.05) is 30.3 Å². The molecule has 1 aliphatic heterocycles. The van der Waals surface area contributed by atoms with Crippen molar-refractivity contribution in [3.05, 3.63) is 84.7 Å². The van der Waals surface area contributed by atoms with Gasteiger partial charge in [-0.05, 0) is 48.5 Å². The quantitative estimate of drug-likeness (QED) is 0.433. The zero-order valence-electron chi connectivity index (χ0n) is 19.0. The molecule has 0 bridgehead atoms. The third-order valence-corrected chi connectivity index (χ3v) is 6.14. The molecule has 0 saturated carbocycles. The largest absolute Gasteiger partial charge is 0.497 e. The lowest BCUT2D eigenvalue weighted by molar-refractivity contribution is -0.117. The summed E-state index contributed by atoms with van der Waals surface area (Å²) < 4.78 is 13.0. The Balaban J connectivity index is 1.37. The predicted octanol–water partition coefficient (Wildman–Crippen LogP) is 4.01. The molecular formula is C27H27N3O4. The topological polar surface area (TPSA) is 76.8 Å². The fourth-order valence-electron chi connectivity index (χ4n) is 4.46. The van der Waals surface area contributed by atoms with E-state index in [1.807, 2.05) is 83.4 Å². The zero-order chi connectivity index (χ0) is 23.5. The van der Waals surface area contributed by atoms with Crippen molar-refractivity contribution in [1.29, 1.82) is 0 Å². The normalized spacial score (nSPS) is 16.7. The van der Waals surface area contributed by atoms with E-state index < -0.39 is 6.10 Å².